The molecule has 2 rings (SSSR count). The van der Waals surface area contributed by atoms with Crippen molar-refractivity contribution in [1.82, 2.24) is 9.97 Å². The molecule has 5 heteroatoms. The molecular weight excluding hydrogens is 278 g/mol. The van der Waals surface area contributed by atoms with E-state index in [1.54, 1.807) is 11.8 Å². The molecule has 1 heterocycles. The van der Waals surface area contributed by atoms with Gasteiger partial charge in [-0.15, -0.1) is 0 Å². The first-order chi connectivity index (χ1) is 9.08. The Morgan fingerprint density at radius 3 is 2.42 bits per heavy atom. The fraction of sp³-hybridized carbons (Fsp3) is 0.286. The second-order valence-electron chi connectivity index (χ2n) is 4.35. The number of nitrogens with two attached hydrogens (primary N) is 1. The van der Waals surface area contributed by atoms with Crippen LogP contribution in [0.3, 0.4) is 0 Å². The van der Waals surface area contributed by atoms with E-state index in [2.05, 4.69) is 9.97 Å². The van der Waals surface area contributed by atoms with E-state index in [1.165, 1.54) is 0 Å². The van der Waals surface area contributed by atoms with Crippen LogP contribution in [0, 0.1) is 13.8 Å². The number of halogens is 1. The van der Waals surface area contributed by atoms with Gasteiger partial charge in [-0.2, -0.15) is 0 Å². The van der Waals surface area contributed by atoms with Crippen LogP contribution in [0.5, 0.6) is 0 Å². The minimum absolute atomic E-state index is 0.507. The highest BCUT2D eigenvalue weighted by atomic mass is 35.5. The molecule has 0 bridgehead atoms. The second-order valence-corrected chi connectivity index (χ2v) is 5.70. The lowest BCUT2D eigenvalue weighted by molar-refractivity contribution is 0.902. The van der Waals surface area contributed by atoms with Crippen LogP contribution in [0.15, 0.2) is 29.4 Å². The Kier molecular flexibility index (Phi) is 4.80. The van der Waals surface area contributed by atoms with Crippen LogP contribution in [0.4, 0.5) is 0 Å². The van der Waals surface area contributed by atoms with E-state index < -0.39 is 0 Å². The van der Waals surface area contributed by atoms with E-state index in [1.807, 2.05) is 38.1 Å². The zero-order valence-electron chi connectivity index (χ0n) is 11.0. The molecule has 100 valence electrons. The molecule has 0 amide bonds. The highest BCUT2D eigenvalue weighted by Gasteiger charge is 2.05. The molecule has 0 unspecified atom stereocenters. The minimum atomic E-state index is 0.507. The molecule has 0 aliphatic rings. The maximum atomic E-state index is 6.23. The Balaban J connectivity index is 2.10. The standard InChI is InChI=1S/C14H16ClN3S/c1-9-5-10(2)18-14(17-9)19-8-12-4-3-11(7-16)6-13(12)15/h3-6H,7-8,16H2,1-2H3. The summed E-state index contributed by atoms with van der Waals surface area (Å²) in [6, 6.07) is 7.90. The first kappa shape index (κ1) is 14.3. The second kappa shape index (κ2) is 6.37. The molecule has 0 saturated heterocycles. The molecule has 0 aliphatic carbocycles. The van der Waals surface area contributed by atoms with Crippen molar-refractivity contribution in [1.29, 1.82) is 0 Å². The van der Waals surface area contributed by atoms with Gasteiger partial charge in [0.25, 0.3) is 0 Å². The van der Waals surface area contributed by atoms with Gasteiger partial charge in [0.05, 0.1) is 0 Å². The van der Waals surface area contributed by atoms with Gasteiger partial charge in [-0.05, 0) is 37.1 Å². The maximum absolute atomic E-state index is 6.23. The molecule has 0 atom stereocenters. The van der Waals surface area contributed by atoms with Crippen molar-refractivity contribution in [3.8, 4) is 0 Å². The third-order valence-electron chi connectivity index (χ3n) is 2.67. The van der Waals surface area contributed by atoms with E-state index >= 15 is 0 Å². The van der Waals surface area contributed by atoms with Gasteiger partial charge in [0.1, 0.15) is 0 Å². The lowest BCUT2D eigenvalue weighted by Gasteiger charge is -2.06. The summed E-state index contributed by atoms with van der Waals surface area (Å²) in [6.07, 6.45) is 0. The van der Waals surface area contributed by atoms with Crippen molar-refractivity contribution in [2.45, 2.75) is 31.3 Å². The van der Waals surface area contributed by atoms with Gasteiger partial charge in [0.2, 0.25) is 0 Å². The molecule has 1 aromatic carbocycles. The topological polar surface area (TPSA) is 51.8 Å². The number of nitrogens with zero attached hydrogens (tertiary/aromatic N) is 2. The van der Waals surface area contributed by atoms with E-state index in [0.29, 0.717) is 6.54 Å². The van der Waals surface area contributed by atoms with Gasteiger partial charge in [-0.3, -0.25) is 0 Å². The smallest absolute Gasteiger partial charge is 0.188 e. The number of benzene rings is 1. The van der Waals surface area contributed by atoms with Crippen molar-refractivity contribution in [3.05, 3.63) is 51.8 Å². The third-order valence-corrected chi connectivity index (χ3v) is 3.92. The third kappa shape index (κ3) is 3.93. The Hall–Kier alpha value is -1.10. The molecule has 0 aliphatic heterocycles. The molecule has 0 saturated carbocycles. The molecule has 3 nitrogen and oxygen atoms in total. The van der Waals surface area contributed by atoms with Gasteiger partial charge in [0.15, 0.2) is 5.16 Å². The highest BCUT2D eigenvalue weighted by molar-refractivity contribution is 7.98. The predicted octanol–water partition coefficient (Wildman–Crippen LogP) is 3.50. The zero-order chi connectivity index (χ0) is 13.8. The Morgan fingerprint density at radius 1 is 1.16 bits per heavy atom. The summed E-state index contributed by atoms with van der Waals surface area (Å²) < 4.78 is 0. The predicted molar refractivity (Wildman–Crippen MR) is 80.4 cm³/mol. The molecule has 0 fully saturated rings. The SMILES string of the molecule is Cc1cc(C)nc(SCc2ccc(CN)cc2Cl)n1. The quantitative estimate of drug-likeness (QED) is 0.692. The van der Waals surface area contributed by atoms with E-state index in [-0.39, 0.29) is 0 Å². The van der Waals surface area contributed by atoms with Crippen LogP contribution in [0.1, 0.15) is 22.5 Å². The summed E-state index contributed by atoms with van der Waals surface area (Å²) in [7, 11) is 0. The number of aromatic nitrogens is 2. The Labute approximate surface area is 122 Å². The molecule has 0 spiro atoms. The summed E-state index contributed by atoms with van der Waals surface area (Å²) in [5, 5.41) is 1.54. The monoisotopic (exact) mass is 293 g/mol. The van der Waals surface area contributed by atoms with Crippen molar-refractivity contribution >= 4 is 23.4 Å². The number of thioether (sulfide) groups is 1. The number of hydrogen-bond acceptors (Lipinski definition) is 4. The number of hydrogen-bond donors (Lipinski definition) is 1. The largest absolute Gasteiger partial charge is 0.326 e. The Bertz CT molecular complexity index is 567. The lowest BCUT2D eigenvalue weighted by Crippen LogP contribution is -1.97. The van der Waals surface area contributed by atoms with Gasteiger partial charge in [-0.25, -0.2) is 9.97 Å². The van der Waals surface area contributed by atoms with Crippen LogP contribution in [0.2, 0.25) is 5.02 Å². The molecular formula is C14H16ClN3S. The van der Waals surface area contributed by atoms with Crippen molar-refractivity contribution in [2.75, 3.05) is 0 Å². The maximum Gasteiger partial charge on any atom is 0.188 e. The minimum Gasteiger partial charge on any atom is -0.326 e. The summed E-state index contributed by atoms with van der Waals surface area (Å²) in [6.45, 7) is 4.46. The zero-order valence-corrected chi connectivity index (χ0v) is 12.6. The average Bonchev–Trinajstić information content (AvgIpc) is 2.36. The van der Waals surface area contributed by atoms with Crippen LogP contribution in [0.25, 0.3) is 0 Å². The summed E-state index contributed by atoms with van der Waals surface area (Å²) in [4.78, 5) is 8.80. The van der Waals surface area contributed by atoms with Crippen LogP contribution >= 0.6 is 23.4 Å². The van der Waals surface area contributed by atoms with Crippen molar-refractivity contribution < 1.29 is 0 Å². The van der Waals surface area contributed by atoms with Crippen molar-refractivity contribution in [2.24, 2.45) is 5.73 Å². The Morgan fingerprint density at radius 2 is 1.84 bits per heavy atom. The molecule has 2 aromatic rings. The van der Waals surface area contributed by atoms with Gasteiger partial charge in [-0.1, -0.05) is 35.5 Å². The molecule has 1 aromatic heterocycles. The normalized spacial score (nSPS) is 10.7. The lowest BCUT2D eigenvalue weighted by atomic mass is 10.1. The molecule has 2 N–H and O–H groups in total. The summed E-state index contributed by atoms with van der Waals surface area (Å²) >= 11 is 7.82. The fourth-order valence-corrected chi connectivity index (χ4v) is 3.04. The van der Waals surface area contributed by atoms with Gasteiger partial charge < -0.3 is 5.73 Å². The van der Waals surface area contributed by atoms with Crippen LogP contribution in [-0.2, 0) is 12.3 Å². The summed E-state index contributed by atoms with van der Waals surface area (Å²) in [5.41, 5.74) is 9.67. The fourth-order valence-electron chi connectivity index (χ4n) is 1.74. The van der Waals surface area contributed by atoms with Crippen LogP contribution in [-0.4, -0.2) is 9.97 Å². The van der Waals surface area contributed by atoms with Gasteiger partial charge in [0, 0.05) is 28.7 Å². The van der Waals surface area contributed by atoms with E-state index in [0.717, 1.165) is 38.4 Å². The number of rotatable bonds is 4. The molecule has 19 heavy (non-hydrogen) atoms. The number of aryl methyl sites for hydroxylation is 2. The van der Waals surface area contributed by atoms with E-state index in [9.17, 15) is 0 Å². The van der Waals surface area contributed by atoms with Crippen molar-refractivity contribution in [3.63, 3.8) is 0 Å². The highest BCUT2D eigenvalue weighted by Crippen LogP contribution is 2.25. The average molecular weight is 294 g/mol. The first-order valence-electron chi connectivity index (χ1n) is 6.01. The van der Waals surface area contributed by atoms with Gasteiger partial charge >= 0.3 is 0 Å². The summed E-state index contributed by atoms with van der Waals surface area (Å²) in [5.74, 6) is 0.757. The first-order valence-corrected chi connectivity index (χ1v) is 7.37. The van der Waals surface area contributed by atoms with Crippen LogP contribution < -0.4 is 5.73 Å². The molecule has 0 radical (unpaired) electrons. The van der Waals surface area contributed by atoms with E-state index in [4.69, 9.17) is 17.3 Å².